The van der Waals surface area contributed by atoms with Crippen LogP contribution in [0, 0.1) is 17.8 Å². The first kappa shape index (κ1) is 15.6. The van der Waals surface area contributed by atoms with Crippen LogP contribution < -0.4 is 16.4 Å². The summed E-state index contributed by atoms with van der Waals surface area (Å²) < 4.78 is 0. The first-order valence-corrected chi connectivity index (χ1v) is 9.01. The van der Waals surface area contributed by atoms with E-state index >= 15 is 0 Å². The van der Waals surface area contributed by atoms with Crippen LogP contribution >= 0.6 is 0 Å². The molecule has 3 aliphatic rings. The van der Waals surface area contributed by atoms with Crippen molar-refractivity contribution in [3.8, 4) is 0 Å². The van der Waals surface area contributed by atoms with Crippen LogP contribution in [0.3, 0.4) is 0 Å². The molecule has 1 heterocycles. The van der Waals surface area contributed by atoms with E-state index in [1.54, 1.807) is 0 Å². The van der Waals surface area contributed by atoms with Crippen molar-refractivity contribution >= 4 is 17.5 Å². The van der Waals surface area contributed by atoms with Gasteiger partial charge in [0.1, 0.15) is 0 Å². The molecule has 5 heteroatoms. The number of hydrogen-bond acceptors (Lipinski definition) is 3. The lowest BCUT2D eigenvalue weighted by atomic mass is 9.84. The minimum atomic E-state index is -0.0493. The van der Waals surface area contributed by atoms with Gasteiger partial charge in [0, 0.05) is 18.2 Å². The van der Waals surface area contributed by atoms with Gasteiger partial charge < -0.3 is 16.4 Å². The highest BCUT2D eigenvalue weighted by Gasteiger charge is 2.49. The molecule has 2 fully saturated rings. The number of hydrogen-bond donors (Lipinski definition) is 3. The fraction of sp³-hybridized carbons (Fsp3) is 0.579. The Morgan fingerprint density at radius 2 is 2.08 bits per heavy atom. The Morgan fingerprint density at radius 3 is 2.83 bits per heavy atom. The molecule has 0 spiro atoms. The summed E-state index contributed by atoms with van der Waals surface area (Å²) in [5.41, 5.74) is 9.40. The number of rotatable bonds is 3. The van der Waals surface area contributed by atoms with Gasteiger partial charge >= 0.3 is 0 Å². The van der Waals surface area contributed by atoms with Gasteiger partial charge in [0.15, 0.2) is 0 Å². The zero-order valence-corrected chi connectivity index (χ0v) is 14.0. The number of carbonyl (C=O) groups is 2. The van der Waals surface area contributed by atoms with Gasteiger partial charge in [-0.1, -0.05) is 12.1 Å². The van der Waals surface area contributed by atoms with E-state index in [2.05, 4.69) is 16.7 Å². The van der Waals surface area contributed by atoms with Gasteiger partial charge in [-0.25, -0.2) is 0 Å². The van der Waals surface area contributed by atoms with Crippen molar-refractivity contribution in [2.75, 3.05) is 5.32 Å². The van der Waals surface area contributed by atoms with Crippen LogP contribution in [-0.2, 0) is 16.0 Å². The van der Waals surface area contributed by atoms with Crippen LogP contribution in [0.4, 0.5) is 5.69 Å². The highest BCUT2D eigenvalue weighted by molar-refractivity contribution is 5.93. The number of amides is 2. The van der Waals surface area contributed by atoms with Gasteiger partial charge in [-0.2, -0.15) is 0 Å². The zero-order chi connectivity index (χ0) is 16.8. The molecular formula is C19H25N3O2. The molecule has 2 saturated carbocycles. The summed E-state index contributed by atoms with van der Waals surface area (Å²) in [6.45, 7) is 2.01. The fourth-order valence-electron chi connectivity index (χ4n) is 4.79. The molecule has 2 bridgehead atoms. The Bertz CT molecular complexity index is 685. The van der Waals surface area contributed by atoms with Gasteiger partial charge in [0.05, 0.1) is 12.0 Å². The quantitative estimate of drug-likeness (QED) is 0.795. The number of nitrogens with two attached hydrogens (primary N) is 1. The van der Waals surface area contributed by atoms with Gasteiger partial charge in [-0.05, 0) is 61.6 Å². The fourth-order valence-corrected chi connectivity index (χ4v) is 4.79. The smallest absolute Gasteiger partial charge is 0.225 e. The SMILES string of the molecule is CC(NC(=O)C1C2CCC(C2)C1N)c1ccc2c(c1)CCC(=O)N2. The molecule has 0 saturated heterocycles. The second kappa shape index (κ2) is 5.88. The number of aryl methyl sites for hydroxylation is 1. The molecule has 1 aromatic rings. The second-order valence-corrected chi connectivity index (χ2v) is 7.63. The van der Waals surface area contributed by atoms with E-state index in [4.69, 9.17) is 5.73 Å². The van der Waals surface area contributed by atoms with E-state index < -0.39 is 0 Å². The lowest BCUT2D eigenvalue weighted by Crippen LogP contribution is -2.45. The van der Waals surface area contributed by atoms with Crippen molar-refractivity contribution in [1.29, 1.82) is 0 Å². The van der Waals surface area contributed by atoms with Crippen LogP contribution in [0.15, 0.2) is 18.2 Å². The highest BCUT2D eigenvalue weighted by atomic mass is 16.2. The van der Waals surface area contributed by atoms with E-state index in [0.717, 1.165) is 36.1 Å². The van der Waals surface area contributed by atoms with Crippen molar-refractivity contribution in [2.45, 2.75) is 51.1 Å². The second-order valence-electron chi connectivity index (χ2n) is 7.63. The van der Waals surface area contributed by atoms with E-state index in [-0.39, 0.29) is 29.8 Å². The summed E-state index contributed by atoms with van der Waals surface area (Å²) in [5.74, 6) is 1.16. The molecule has 2 aliphatic carbocycles. The van der Waals surface area contributed by atoms with Crippen LogP contribution in [-0.4, -0.2) is 17.9 Å². The largest absolute Gasteiger partial charge is 0.349 e. The van der Waals surface area contributed by atoms with Crippen LogP contribution in [0.2, 0.25) is 0 Å². The van der Waals surface area contributed by atoms with E-state index in [1.807, 2.05) is 19.1 Å². The first-order chi connectivity index (χ1) is 11.5. The molecule has 5 atom stereocenters. The van der Waals surface area contributed by atoms with Crippen molar-refractivity contribution in [3.63, 3.8) is 0 Å². The van der Waals surface area contributed by atoms with Gasteiger partial charge in [-0.3, -0.25) is 9.59 Å². The summed E-state index contributed by atoms with van der Waals surface area (Å²) in [6, 6.07) is 5.99. The van der Waals surface area contributed by atoms with E-state index in [1.165, 1.54) is 6.42 Å². The molecule has 0 aromatic heterocycles. The topological polar surface area (TPSA) is 84.2 Å². The maximum Gasteiger partial charge on any atom is 0.225 e. The van der Waals surface area contributed by atoms with Gasteiger partial charge in [-0.15, -0.1) is 0 Å². The Morgan fingerprint density at radius 1 is 1.29 bits per heavy atom. The number of benzene rings is 1. The summed E-state index contributed by atoms with van der Waals surface area (Å²) in [6.07, 6.45) is 4.72. The minimum Gasteiger partial charge on any atom is -0.349 e. The number of anilines is 1. The molecule has 1 aromatic carbocycles. The molecule has 2 amide bonds. The van der Waals surface area contributed by atoms with Crippen molar-refractivity contribution in [2.24, 2.45) is 23.5 Å². The Hall–Kier alpha value is -1.88. The van der Waals surface area contributed by atoms with Crippen molar-refractivity contribution in [3.05, 3.63) is 29.3 Å². The summed E-state index contributed by atoms with van der Waals surface area (Å²) in [7, 11) is 0. The summed E-state index contributed by atoms with van der Waals surface area (Å²) in [4.78, 5) is 24.2. The average molecular weight is 327 g/mol. The van der Waals surface area contributed by atoms with Crippen LogP contribution in [0.1, 0.15) is 49.8 Å². The van der Waals surface area contributed by atoms with Crippen LogP contribution in [0.25, 0.3) is 0 Å². The first-order valence-electron chi connectivity index (χ1n) is 9.01. The average Bonchev–Trinajstić information content (AvgIpc) is 3.15. The molecule has 128 valence electrons. The molecule has 1 aliphatic heterocycles. The molecule has 5 nitrogen and oxygen atoms in total. The molecular weight excluding hydrogens is 302 g/mol. The number of carbonyl (C=O) groups excluding carboxylic acids is 2. The van der Waals surface area contributed by atoms with Crippen molar-refractivity contribution < 1.29 is 9.59 Å². The summed E-state index contributed by atoms with van der Waals surface area (Å²) in [5, 5.41) is 6.06. The third-order valence-corrected chi connectivity index (χ3v) is 6.17. The normalized spacial score (nSPS) is 32.2. The summed E-state index contributed by atoms with van der Waals surface area (Å²) >= 11 is 0. The number of fused-ring (bicyclic) bond motifs is 3. The molecule has 5 unspecified atom stereocenters. The lowest BCUT2D eigenvalue weighted by molar-refractivity contribution is -0.127. The Labute approximate surface area is 142 Å². The number of nitrogens with one attached hydrogen (secondary N) is 2. The minimum absolute atomic E-state index is 0.0229. The standard InChI is InChI=1S/C19H25N3O2/c1-10(11-4-6-15-12(8-11)5-7-16(23)22-15)21-19(24)17-13-2-3-14(9-13)18(17)20/h4,6,8,10,13-14,17-18H,2-3,5,7,9,20H2,1H3,(H,21,24)(H,22,23). The maximum absolute atomic E-state index is 12.7. The molecule has 0 radical (unpaired) electrons. The third kappa shape index (κ3) is 2.61. The molecule has 4 N–H and O–H groups in total. The Kier molecular flexibility index (Phi) is 3.83. The lowest BCUT2D eigenvalue weighted by Gasteiger charge is -2.28. The monoisotopic (exact) mass is 327 g/mol. The van der Waals surface area contributed by atoms with Crippen molar-refractivity contribution in [1.82, 2.24) is 5.32 Å². The molecule has 4 rings (SSSR count). The molecule has 24 heavy (non-hydrogen) atoms. The predicted molar refractivity (Wildman–Crippen MR) is 92.2 cm³/mol. The highest BCUT2D eigenvalue weighted by Crippen LogP contribution is 2.47. The third-order valence-electron chi connectivity index (χ3n) is 6.17. The van der Waals surface area contributed by atoms with E-state index in [0.29, 0.717) is 18.3 Å². The predicted octanol–water partition coefficient (Wildman–Crippen LogP) is 2.12. The van der Waals surface area contributed by atoms with Gasteiger partial charge in [0.2, 0.25) is 11.8 Å². The van der Waals surface area contributed by atoms with Gasteiger partial charge in [0.25, 0.3) is 0 Å². The van der Waals surface area contributed by atoms with Crippen LogP contribution in [0.5, 0.6) is 0 Å². The maximum atomic E-state index is 12.7. The Balaban J connectivity index is 1.45. The van der Waals surface area contributed by atoms with E-state index in [9.17, 15) is 9.59 Å². The zero-order valence-electron chi connectivity index (χ0n) is 14.0.